The molecule has 1 aliphatic rings. The molecule has 4 heteroatoms. The first kappa shape index (κ1) is 21.1. The molecule has 28 heavy (non-hydrogen) atoms. The van der Waals surface area contributed by atoms with Crippen LogP contribution in [0, 0.1) is 0 Å². The van der Waals surface area contributed by atoms with E-state index in [1.807, 2.05) is 4.90 Å². The minimum Gasteiger partial charge on any atom is -0.417 e. The summed E-state index contributed by atoms with van der Waals surface area (Å²) in [7, 11) is -1.70. The monoisotopic (exact) mass is 397 g/mol. The van der Waals surface area contributed by atoms with Gasteiger partial charge >= 0.3 is 0 Å². The predicted molar refractivity (Wildman–Crippen MR) is 122 cm³/mol. The summed E-state index contributed by atoms with van der Waals surface area (Å²) in [5.41, 5.74) is 2.41. The molecule has 0 N–H and O–H groups in total. The van der Waals surface area contributed by atoms with E-state index in [4.69, 9.17) is 4.43 Å². The summed E-state index contributed by atoms with van der Waals surface area (Å²) in [6.07, 6.45) is 2.63. The van der Waals surface area contributed by atoms with Crippen molar-refractivity contribution in [3.8, 4) is 0 Å². The Morgan fingerprint density at radius 2 is 1.79 bits per heavy atom. The molecule has 152 valence electrons. The van der Waals surface area contributed by atoms with Crippen molar-refractivity contribution in [3.05, 3.63) is 42.0 Å². The maximum Gasteiger partial charge on any atom is 0.227 e. The quantitative estimate of drug-likeness (QED) is 0.522. The molecule has 0 spiro atoms. The molecule has 0 aromatic heterocycles. The van der Waals surface area contributed by atoms with Crippen LogP contribution in [0.4, 0.5) is 5.69 Å². The molecule has 1 aliphatic heterocycles. The zero-order valence-corrected chi connectivity index (χ0v) is 19.3. The van der Waals surface area contributed by atoms with Gasteiger partial charge < -0.3 is 9.33 Å². The molecule has 1 saturated heterocycles. The van der Waals surface area contributed by atoms with Crippen LogP contribution in [-0.2, 0) is 9.22 Å². The maximum atomic E-state index is 12.3. The SMILES string of the molecule is CC(CCO[Si](C)(C)C(C)(C)C)c1ccc(N2CCCC2=O)c2ccccc12. The highest BCUT2D eigenvalue weighted by atomic mass is 28.4. The fraction of sp³-hybridized carbons (Fsp3) is 0.542. The van der Waals surface area contributed by atoms with Crippen LogP contribution < -0.4 is 4.90 Å². The number of hydrogen-bond acceptors (Lipinski definition) is 2. The summed E-state index contributed by atoms with van der Waals surface area (Å²) in [6.45, 7) is 15.4. The Hall–Kier alpha value is -1.65. The van der Waals surface area contributed by atoms with Crippen molar-refractivity contribution >= 4 is 30.7 Å². The summed E-state index contributed by atoms with van der Waals surface area (Å²) >= 11 is 0. The summed E-state index contributed by atoms with van der Waals surface area (Å²) < 4.78 is 6.40. The van der Waals surface area contributed by atoms with Crippen LogP contribution in [0.1, 0.15) is 58.4 Å². The van der Waals surface area contributed by atoms with E-state index in [9.17, 15) is 4.79 Å². The lowest BCUT2D eigenvalue weighted by molar-refractivity contribution is -0.117. The molecule has 0 saturated carbocycles. The van der Waals surface area contributed by atoms with Crippen LogP contribution in [-0.4, -0.2) is 27.4 Å². The van der Waals surface area contributed by atoms with Gasteiger partial charge in [0.2, 0.25) is 5.91 Å². The van der Waals surface area contributed by atoms with Gasteiger partial charge in [0.15, 0.2) is 8.32 Å². The first-order valence-electron chi connectivity index (χ1n) is 10.6. The Balaban J connectivity index is 1.81. The van der Waals surface area contributed by atoms with Crippen molar-refractivity contribution in [2.75, 3.05) is 18.1 Å². The lowest BCUT2D eigenvalue weighted by Crippen LogP contribution is -2.41. The number of benzene rings is 2. The first-order valence-corrected chi connectivity index (χ1v) is 13.5. The molecule has 3 rings (SSSR count). The van der Waals surface area contributed by atoms with E-state index in [1.165, 1.54) is 16.3 Å². The molecule has 3 nitrogen and oxygen atoms in total. The molecule has 0 bridgehead atoms. The van der Waals surface area contributed by atoms with E-state index in [0.717, 1.165) is 31.7 Å². The number of fused-ring (bicyclic) bond motifs is 1. The Morgan fingerprint density at radius 1 is 1.11 bits per heavy atom. The van der Waals surface area contributed by atoms with E-state index in [1.54, 1.807) is 0 Å². The van der Waals surface area contributed by atoms with Crippen molar-refractivity contribution in [1.29, 1.82) is 0 Å². The Bertz CT molecular complexity index is 853. The van der Waals surface area contributed by atoms with Gasteiger partial charge in [-0.3, -0.25) is 4.79 Å². The van der Waals surface area contributed by atoms with Crippen molar-refractivity contribution in [2.45, 2.75) is 71.0 Å². The average molecular weight is 398 g/mol. The Labute approximate surface area is 171 Å². The fourth-order valence-corrected chi connectivity index (χ4v) is 4.80. The number of anilines is 1. The molecular formula is C24H35NO2Si. The summed E-state index contributed by atoms with van der Waals surface area (Å²) in [5, 5.41) is 2.69. The largest absolute Gasteiger partial charge is 0.417 e. The van der Waals surface area contributed by atoms with Gasteiger partial charge in [0.1, 0.15) is 0 Å². The lowest BCUT2D eigenvalue weighted by atomic mass is 9.92. The Morgan fingerprint density at radius 3 is 2.39 bits per heavy atom. The molecule has 1 atom stereocenters. The molecule has 1 fully saturated rings. The molecule has 0 radical (unpaired) electrons. The minimum absolute atomic E-state index is 0.243. The number of nitrogens with zero attached hydrogens (tertiary/aromatic N) is 1. The number of carbonyl (C=O) groups is 1. The second-order valence-corrected chi connectivity index (χ2v) is 14.5. The number of carbonyl (C=O) groups excluding carboxylic acids is 1. The van der Waals surface area contributed by atoms with E-state index >= 15 is 0 Å². The van der Waals surface area contributed by atoms with Gasteiger partial charge in [-0.25, -0.2) is 0 Å². The van der Waals surface area contributed by atoms with E-state index in [2.05, 4.69) is 77.2 Å². The molecule has 1 unspecified atom stereocenters. The predicted octanol–water partition coefficient (Wildman–Crippen LogP) is 6.48. The van der Waals surface area contributed by atoms with Crippen LogP contribution >= 0.6 is 0 Å². The molecular weight excluding hydrogens is 362 g/mol. The smallest absolute Gasteiger partial charge is 0.227 e. The van der Waals surface area contributed by atoms with Gasteiger partial charge in [0.05, 0.1) is 5.69 Å². The zero-order chi connectivity index (χ0) is 20.5. The van der Waals surface area contributed by atoms with Gasteiger partial charge in [-0.2, -0.15) is 0 Å². The number of hydrogen-bond donors (Lipinski definition) is 0. The normalized spacial score (nSPS) is 16.8. The van der Waals surface area contributed by atoms with Crippen LogP contribution in [0.5, 0.6) is 0 Å². The highest BCUT2D eigenvalue weighted by molar-refractivity contribution is 6.74. The van der Waals surface area contributed by atoms with E-state index < -0.39 is 8.32 Å². The van der Waals surface area contributed by atoms with Gasteiger partial charge in [-0.1, -0.05) is 58.0 Å². The lowest BCUT2D eigenvalue weighted by Gasteiger charge is -2.36. The summed E-state index contributed by atoms with van der Waals surface area (Å²) in [6, 6.07) is 12.9. The van der Waals surface area contributed by atoms with Crippen LogP contribution in [0.15, 0.2) is 36.4 Å². The molecule has 2 aromatic rings. The van der Waals surface area contributed by atoms with Crippen LogP contribution in [0.3, 0.4) is 0 Å². The standard InChI is InChI=1S/C24H35NO2Si/c1-18(15-17-27-28(5,6)24(2,3)4)19-13-14-22(25-16-9-12-23(25)26)21-11-8-7-10-20(19)21/h7-8,10-11,13-14,18H,9,12,15-17H2,1-6H3. The highest BCUT2D eigenvalue weighted by Crippen LogP contribution is 2.38. The fourth-order valence-electron chi connectivity index (χ4n) is 3.74. The van der Waals surface area contributed by atoms with Gasteiger partial charge in [0.25, 0.3) is 0 Å². The van der Waals surface area contributed by atoms with Crippen molar-refractivity contribution in [1.82, 2.24) is 0 Å². The van der Waals surface area contributed by atoms with Crippen LogP contribution in [0.2, 0.25) is 18.1 Å². The second-order valence-electron chi connectivity index (χ2n) is 9.67. The summed E-state index contributed by atoms with van der Waals surface area (Å²) in [4.78, 5) is 14.2. The minimum atomic E-state index is -1.70. The molecule has 1 amide bonds. The van der Waals surface area contributed by atoms with Crippen LogP contribution in [0.25, 0.3) is 10.8 Å². The first-order chi connectivity index (χ1) is 13.1. The van der Waals surface area contributed by atoms with Gasteiger partial charge in [0, 0.05) is 25.0 Å². The van der Waals surface area contributed by atoms with Gasteiger partial charge in [-0.05, 0) is 53.9 Å². The van der Waals surface area contributed by atoms with Crippen molar-refractivity contribution in [2.24, 2.45) is 0 Å². The van der Waals surface area contributed by atoms with Crippen molar-refractivity contribution in [3.63, 3.8) is 0 Å². The summed E-state index contributed by atoms with van der Waals surface area (Å²) in [5.74, 6) is 0.659. The third-order valence-corrected chi connectivity index (χ3v) is 11.2. The maximum absolute atomic E-state index is 12.3. The third kappa shape index (κ3) is 4.18. The zero-order valence-electron chi connectivity index (χ0n) is 18.3. The molecule has 1 heterocycles. The van der Waals surface area contributed by atoms with E-state index in [0.29, 0.717) is 12.3 Å². The third-order valence-electron chi connectivity index (χ3n) is 6.65. The van der Waals surface area contributed by atoms with Crippen molar-refractivity contribution < 1.29 is 9.22 Å². The van der Waals surface area contributed by atoms with Gasteiger partial charge in [-0.15, -0.1) is 0 Å². The number of amides is 1. The van der Waals surface area contributed by atoms with E-state index in [-0.39, 0.29) is 10.9 Å². The topological polar surface area (TPSA) is 29.5 Å². The molecule has 2 aromatic carbocycles. The Kier molecular flexibility index (Phi) is 6.02. The number of rotatable bonds is 6. The average Bonchev–Trinajstić information content (AvgIpc) is 3.05. The second kappa shape index (κ2) is 8.00. The molecule has 0 aliphatic carbocycles. The highest BCUT2D eigenvalue weighted by Gasteiger charge is 2.37.